The Hall–Kier alpha value is -9.59. The summed E-state index contributed by atoms with van der Waals surface area (Å²) in [6.07, 6.45) is 3.28. The molecule has 107 heavy (non-hydrogen) atoms. The Morgan fingerprint density at radius 2 is 0.813 bits per heavy atom. The van der Waals surface area contributed by atoms with Crippen LogP contribution in [0.5, 0.6) is 51.7 Å². The fourth-order valence-corrected chi connectivity index (χ4v) is 19.8. The maximum Gasteiger partial charge on any atom is 0.573 e. The van der Waals surface area contributed by atoms with E-state index in [4.69, 9.17) is 33.5 Å². The molecular weight excluding hydrogens is 1400 g/mol. The van der Waals surface area contributed by atoms with Gasteiger partial charge < -0.3 is 73.8 Å². The van der Waals surface area contributed by atoms with Gasteiger partial charge in [-0.2, -0.15) is 0 Å². The van der Waals surface area contributed by atoms with E-state index in [0.717, 1.165) is 145 Å². The van der Waals surface area contributed by atoms with Crippen molar-refractivity contribution in [3.63, 3.8) is 0 Å². The maximum absolute atomic E-state index is 12.4. The fraction of sp³-hybridized carbons (Fsp3) is 0.494. The van der Waals surface area contributed by atoms with Crippen molar-refractivity contribution in [1.29, 1.82) is 0 Å². The number of aliphatic hydroxyl groups is 1. The van der Waals surface area contributed by atoms with Gasteiger partial charge in [-0.1, -0.05) is 82.9 Å². The molecule has 0 radical (unpaired) electrons. The minimum atomic E-state index is -4.75. The third kappa shape index (κ3) is 15.2. The Balaban J connectivity index is 0.000000142. The van der Waals surface area contributed by atoms with E-state index in [1.54, 1.807) is 32.4 Å². The second-order valence-electron chi connectivity index (χ2n) is 30.5. The van der Waals surface area contributed by atoms with Crippen LogP contribution in [0.1, 0.15) is 185 Å². The first-order valence-electron chi connectivity index (χ1n) is 36.4. The summed E-state index contributed by atoms with van der Waals surface area (Å²) < 4.78 is 104. The molecule has 0 aliphatic heterocycles. The van der Waals surface area contributed by atoms with Gasteiger partial charge in [0.25, 0.3) is 0 Å². The molecule has 6 N–H and O–H groups in total. The summed E-state index contributed by atoms with van der Waals surface area (Å²) in [6.45, 7) is 7.08. The first-order valence-corrected chi connectivity index (χ1v) is 36.4. The number of oxime groups is 5. The molecule has 6 saturated carbocycles. The van der Waals surface area contributed by atoms with Gasteiger partial charge in [-0.25, -0.2) is 0 Å². The molecule has 15 rings (SSSR count). The second kappa shape index (κ2) is 30.6. The second-order valence-corrected chi connectivity index (χ2v) is 30.5. The molecule has 6 fully saturated rings. The number of hydrogen-bond donors (Lipinski definition) is 6. The molecule has 9 aliphatic carbocycles. The van der Waals surface area contributed by atoms with Gasteiger partial charge in [-0.05, 0) is 261 Å². The van der Waals surface area contributed by atoms with Gasteiger partial charge in [0.05, 0.1) is 63.1 Å². The Kier molecular flexibility index (Phi) is 21.6. The number of fused-ring (bicyclic) bond motifs is 15. The van der Waals surface area contributed by atoms with Gasteiger partial charge in [0.15, 0.2) is 34.5 Å². The molecule has 9 aliphatic rings. The van der Waals surface area contributed by atoms with Gasteiger partial charge in [0.1, 0.15) is 37.1 Å². The SMILES string of the molecule is COc1cc2c(cc1O)/C(=N/OCc1ccc(OC(F)(F)F)cc1)C[C@@H]1[C@@H]2CC[C@]2(C)/C(=N/O)CC[C@@H]12.COc1cc2c(cc1O)/C(=N/OCc1ccc(OC(F)(F)F)cc1)C[C@@H]1[C@@H]2CC[C@]2(C)[C@@H](O)CC[C@@H]12.COc1cccc(CO/N=C2\C[C@@H]3[C@H](CC[C@]4(C)/C(=N/O)CC[C@@H]34)c3cc(OC)c(O)cc32)c1. The monoisotopic (exact) mass is 1490 g/mol. The van der Waals surface area contributed by atoms with Gasteiger partial charge >= 0.3 is 12.7 Å². The first-order chi connectivity index (χ1) is 51.2. The van der Waals surface area contributed by atoms with Crippen molar-refractivity contribution in [2.75, 3.05) is 28.4 Å². The molecule has 0 aromatic heterocycles. The third-order valence-electron chi connectivity index (χ3n) is 25.1. The number of phenolic OH excluding ortho intramolecular Hbond substituents is 3. The standard InChI is InChI=1S/C27H29F3N2O5.C27H30F3NO5.C27H32N2O5/c1-26-10-9-17-18-13-24(35-2)23(33)12-20(18)22(11-19(17)21(26)7-8-25(26)31-34)32-36-14-15-3-5-16(6-4-15)37-27(28,29)30;1-26-10-9-17-18-13-24(34-2)23(32)12-20(18)22(11-19(17)21(26)7-8-25(26)33)31-35-14-15-3-5-16(6-4-15)36-27(28,29)30;1-27-10-9-18-19-14-25(33-3)24(30)13-21(19)23(12-20(18)22(27)7-8-26(27)28-31)29-34-15-16-5-4-6-17(11-16)32-2/h3-6,12-13,17,19,21,33-34H,7-11,14H2,1-2H3;3-6,12-13,17,19,21,25,32-33H,7-11,14H2,1-2H3;4-6,11,13-14,18,20,22,30-31H,7-10,12,15H2,1-3H3/b31-25+,32-22+;31-22+;28-26+,29-23+/t17-,19-,21+,26+;17-,19-,21+,25+,26+;18-,20-,22+,27+/m111/s1. The van der Waals surface area contributed by atoms with Gasteiger partial charge in [0.2, 0.25) is 0 Å². The van der Waals surface area contributed by atoms with E-state index < -0.39 is 12.7 Å². The number of aromatic hydroxyl groups is 3. The summed E-state index contributed by atoms with van der Waals surface area (Å²) in [6, 6.07) is 29.5. The van der Waals surface area contributed by atoms with Crippen molar-refractivity contribution in [2.24, 2.45) is 77.5 Å². The van der Waals surface area contributed by atoms with Gasteiger partial charge in [-0.15, -0.1) is 26.3 Å². The largest absolute Gasteiger partial charge is 0.573 e. The highest BCUT2D eigenvalue weighted by Gasteiger charge is 2.58. The molecule has 572 valence electrons. The molecule has 13 atom stereocenters. The molecule has 0 unspecified atom stereocenters. The van der Waals surface area contributed by atoms with Crippen LogP contribution < -0.4 is 28.4 Å². The van der Waals surface area contributed by atoms with E-state index >= 15 is 0 Å². The van der Waals surface area contributed by atoms with Gasteiger partial charge in [0, 0.05) is 27.5 Å². The summed E-state index contributed by atoms with van der Waals surface area (Å²) in [5.41, 5.74) is 11.8. The van der Waals surface area contributed by atoms with Crippen LogP contribution in [0, 0.1) is 51.8 Å². The Morgan fingerprint density at radius 3 is 1.19 bits per heavy atom. The van der Waals surface area contributed by atoms with Crippen molar-refractivity contribution in [1.82, 2.24) is 0 Å². The van der Waals surface area contributed by atoms with Crippen LogP contribution in [-0.4, -0.2) is 107 Å². The quantitative estimate of drug-likeness (QED) is 0.0317. The topological polar surface area (TPSA) is 266 Å². The lowest BCUT2D eigenvalue weighted by molar-refractivity contribution is -0.275. The molecule has 20 nitrogen and oxygen atoms in total. The third-order valence-corrected chi connectivity index (χ3v) is 25.1. The van der Waals surface area contributed by atoms with Crippen LogP contribution >= 0.6 is 0 Å². The number of rotatable bonds is 15. The van der Waals surface area contributed by atoms with E-state index in [0.29, 0.717) is 88.8 Å². The molecule has 0 bridgehead atoms. The number of aliphatic hydroxyl groups excluding tert-OH is 1. The summed E-state index contributed by atoms with van der Waals surface area (Å²) in [4.78, 5) is 17.1. The van der Waals surface area contributed by atoms with Crippen LogP contribution in [0.3, 0.4) is 0 Å². The van der Waals surface area contributed by atoms with E-state index in [9.17, 15) is 57.2 Å². The van der Waals surface area contributed by atoms with Crippen LogP contribution in [-0.2, 0) is 34.3 Å². The van der Waals surface area contributed by atoms with Crippen LogP contribution in [0.25, 0.3) is 0 Å². The summed E-state index contributed by atoms with van der Waals surface area (Å²) in [5.74, 6) is 4.47. The van der Waals surface area contributed by atoms with Crippen molar-refractivity contribution in [3.8, 4) is 51.7 Å². The van der Waals surface area contributed by atoms with Crippen molar-refractivity contribution >= 4 is 28.6 Å². The number of hydrogen-bond acceptors (Lipinski definition) is 20. The Morgan fingerprint density at radius 1 is 0.430 bits per heavy atom. The Labute approximate surface area is 616 Å². The molecule has 0 amide bonds. The zero-order valence-corrected chi connectivity index (χ0v) is 60.8. The van der Waals surface area contributed by atoms with Gasteiger partial charge in [-0.3, -0.25) is 0 Å². The predicted octanol–water partition coefficient (Wildman–Crippen LogP) is 17.7. The van der Waals surface area contributed by atoms with Crippen molar-refractivity contribution in [3.05, 3.63) is 159 Å². The molecule has 6 aromatic rings. The van der Waals surface area contributed by atoms with Crippen LogP contribution in [0.2, 0.25) is 0 Å². The highest BCUT2D eigenvalue weighted by molar-refractivity contribution is 6.05. The number of ether oxygens (including phenoxy) is 6. The van der Waals surface area contributed by atoms with Crippen molar-refractivity contribution in [2.45, 2.75) is 173 Å². The number of alkyl halides is 6. The minimum Gasteiger partial charge on any atom is -0.504 e. The van der Waals surface area contributed by atoms with E-state index in [-0.39, 0.29) is 88.0 Å². The Bertz CT molecular complexity index is 4400. The van der Waals surface area contributed by atoms with E-state index in [1.807, 2.05) is 42.5 Å². The van der Waals surface area contributed by atoms with Crippen LogP contribution in [0.4, 0.5) is 26.3 Å². The minimum absolute atomic E-state index is 0.0175. The first kappa shape index (κ1) is 75.6. The molecule has 26 heteroatoms. The fourth-order valence-electron chi connectivity index (χ4n) is 19.8. The van der Waals surface area contributed by atoms with Crippen LogP contribution in [0.15, 0.2) is 135 Å². The van der Waals surface area contributed by atoms with E-state index in [2.05, 4.69) is 56.0 Å². The smallest absolute Gasteiger partial charge is 0.504 e. The molecular formula is C81H91F6N5O15. The lowest BCUT2D eigenvalue weighted by Gasteiger charge is -2.50. The highest BCUT2D eigenvalue weighted by Crippen LogP contribution is 2.64. The summed E-state index contributed by atoms with van der Waals surface area (Å²) in [5, 5.41) is 82.2. The lowest BCUT2D eigenvalue weighted by atomic mass is 9.55. The molecule has 0 saturated heterocycles. The average molecular weight is 1490 g/mol. The number of methoxy groups -OCH3 is 4. The zero-order valence-electron chi connectivity index (χ0n) is 60.8. The number of benzene rings is 6. The van der Waals surface area contributed by atoms with Crippen molar-refractivity contribution < 1.29 is 100 Å². The number of halogens is 6. The summed E-state index contributed by atoms with van der Waals surface area (Å²) in [7, 11) is 6.26. The molecule has 6 aromatic carbocycles. The predicted molar refractivity (Wildman–Crippen MR) is 384 cm³/mol. The normalized spacial score (nSPS) is 29.7. The zero-order chi connectivity index (χ0) is 75.9. The van der Waals surface area contributed by atoms with E-state index in [1.165, 1.54) is 62.8 Å². The molecule has 0 spiro atoms. The highest BCUT2D eigenvalue weighted by atomic mass is 19.4. The number of phenols is 3. The lowest BCUT2D eigenvalue weighted by Crippen LogP contribution is -2.45. The number of nitrogens with zero attached hydrogens (tertiary/aromatic N) is 5. The maximum atomic E-state index is 12.4. The summed E-state index contributed by atoms with van der Waals surface area (Å²) >= 11 is 0. The average Bonchev–Trinajstić information content (AvgIpc) is 1.69. The molecule has 0 heterocycles.